The van der Waals surface area contributed by atoms with Crippen molar-refractivity contribution in [1.82, 2.24) is 4.57 Å². The van der Waals surface area contributed by atoms with Crippen molar-refractivity contribution < 1.29 is 14.3 Å². The Bertz CT molecular complexity index is 423. The molecule has 0 N–H and O–H groups in total. The van der Waals surface area contributed by atoms with Crippen LogP contribution in [0.1, 0.15) is 54.4 Å². The molecular formula is C15H25NO3. The highest BCUT2D eigenvalue weighted by Gasteiger charge is 2.20. The van der Waals surface area contributed by atoms with Crippen molar-refractivity contribution in [3.8, 4) is 0 Å². The number of rotatable bonds is 7. The van der Waals surface area contributed by atoms with Gasteiger partial charge < -0.3 is 14.0 Å². The van der Waals surface area contributed by atoms with Crippen LogP contribution in [0.4, 0.5) is 0 Å². The number of hydrogen-bond acceptors (Lipinski definition) is 3. The topological polar surface area (TPSA) is 40.5 Å². The molecule has 19 heavy (non-hydrogen) atoms. The van der Waals surface area contributed by atoms with Crippen molar-refractivity contribution in [3.63, 3.8) is 0 Å². The number of hydrogen-bond donors (Lipinski definition) is 0. The summed E-state index contributed by atoms with van der Waals surface area (Å²) >= 11 is 0. The first-order chi connectivity index (χ1) is 9.06. The third-order valence-electron chi connectivity index (χ3n) is 3.65. The fraction of sp³-hybridized carbons (Fsp3) is 0.667. The maximum absolute atomic E-state index is 11.8. The molecule has 0 fully saturated rings. The zero-order valence-electron chi connectivity index (χ0n) is 12.7. The number of carbonyl (C=O) groups excluding carboxylic acids is 1. The molecule has 0 aromatic carbocycles. The minimum atomic E-state index is -0.257. The Morgan fingerprint density at radius 1 is 1.42 bits per heavy atom. The van der Waals surface area contributed by atoms with Gasteiger partial charge in [0.15, 0.2) is 0 Å². The van der Waals surface area contributed by atoms with Crippen LogP contribution in [-0.4, -0.2) is 31.4 Å². The van der Waals surface area contributed by atoms with Gasteiger partial charge in [0.1, 0.15) is 0 Å². The van der Waals surface area contributed by atoms with E-state index < -0.39 is 0 Å². The lowest BCUT2D eigenvalue weighted by Gasteiger charge is -2.15. The molecule has 0 saturated carbocycles. The molecule has 108 valence electrons. The van der Waals surface area contributed by atoms with E-state index in [1.54, 1.807) is 7.11 Å². The van der Waals surface area contributed by atoms with Gasteiger partial charge in [-0.1, -0.05) is 13.8 Å². The van der Waals surface area contributed by atoms with Crippen molar-refractivity contribution in [1.29, 1.82) is 0 Å². The third kappa shape index (κ3) is 3.60. The Labute approximate surface area is 115 Å². The molecule has 0 radical (unpaired) electrons. The SMILES string of the molecule is CCC(C)c1cc(C(=O)OC)c(C)n1CCCOC. The summed E-state index contributed by atoms with van der Waals surface area (Å²) in [4.78, 5) is 11.8. The van der Waals surface area contributed by atoms with Crippen molar-refractivity contribution in [3.05, 3.63) is 23.0 Å². The first kappa shape index (κ1) is 15.8. The van der Waals surface area contributed by atoms with Crippen molar-refractivity contribution in [2.75, 3.05) is 20.8 Å². The molecule has 1 rings (SSSR count). The second-order valence-corrected chi connectivity index (χ2v) is 4.87. The van der Waals surface area contributed by atoms with Gasteiger partial charge in [-0.25, -0.2) is 4.79 Å². The predicted molar refractivity (Wildman–Crippen MR) is 75.7 cm³/mol. The molecule has 4 heteroatoms. The van der Waals surface area contributed by atoms with Gasteiger partial charge in [-0.2, -0.15) is 0 Å². The summed E-state index contributed by atoms with van der Waals surface area (Å²) in [6.07, 6.45) is 1.99. The molecule has 4 nitrogen and oxygen atoms in total. The van der Waals surface area contributed by atoms with E-state index >= 15 is 0 Å². The fourth-order valence-electron chi connectivity index (χ4n) is 2.27. The van der Waals surface area contributed by atoms with Crippen LogP contribution in [0.3, 0.4) is 0 Å². The van der Waals surface area contributed by atoms with E-state index in [9.17, 15) is 4.79 Å². The summed E-state index contributed by atoms with van der Waals surface area (Å²) in [5, 5.41) is 0. The Hall–Kier alpha value is -1.29. The lowest BCUT2D eigenvalue weighted by Crippen LogP contribution is -2.10. The van der Waals surface area contributed by atoms with E-state index in [-0.39, 0.29) is 5.97 Å². The highest BCUT2D eigenvalue weighted by atomic mass is 16.5. The normalized spacial score (nSPS) is 12.5. The monoisotopic (exact) mass is 267 g/mol. The van der Waals surface area contributed by atoms with Crippen molar-refractivity contribution in [2.24, 2.45) is 0 Å². The van der Waals surface area contributed by atoms with Crippen LogP contribution >= 0.6 is 0 Å². The molecule has 0 aliphatic rings. The minimum Gasteiger partial charge on any atom is -0.465 e. The highest BCUT2D eigenvalue weighted by Crippen LogP contribution is 2.25. The second kappa shape index (κ2) is 7.34. The molecule has 0 aliphatic carbocycles. The Morgan fingerprint density at radius 2 is 2.11 bits per heavy atom. The van der Waals surface area contributed by atoms with Crippen LogP contribution in [0.15, 0.2) is 6.07 Å². The number of aromatic nitrogens is 1. The number of carbonyl (C=O) groups is 1. The van der Waals surface area contributed by atoms with Gasteiger partial charge in [-0.15, -0.1) is 0 Å². The number of esters is 1. The number of methoxy groups -OCH3 is 2. The summed E-state index contributed by atoms with van der Waals surface area (Å²) in [7, 11) is 3.13. The van der Waals surface area contributed by atoms with Gasteiger partial charge in [0.25, 0.3) is 0 Å². The molecule has 1 aromatic rings. The van der Waals surface area contributed by atoms with Gasteiger partial charge >= 0.3 is 5.97 Å². The summed E-state index contributed by atoms with van der Waals surface area (Å²) in [6, 6.07) is 1.97. The average molecular weight is 267 g/mol. The Kier molecular flexibility index (Phi) is 6.09. The maximum Gasteiger partial charge on any atom is 0.339 e. The molecule has 0 bridgehead atoms. The van der Waals surface area contributed by atoms with Crippen LogP contribution in [0.2, 0.25) is 0 Å². The summed E-state index contributed by atoms with van der Waals surface area (Å²) < 4.78 is 12.2. The van der Waals surface area contributed by atoms with E-state index in [2.05, 4.69) is 18.4 Å². The first-order valence-electron chi connectivity index (χ1n) is 6.84. The zero-order chi connectivity index (χ0) is 14.4. The lowest BCUT2D eigenvalue weighted by molar-refractivity contribution is 0.0599. The van der Waals surface area contributed by atoms with Crippen molar-refractivity contribution >= 4 is 5.97 Å². The standard InChI is InChI=1S/C15H25NO3/c1-6-11(2)14-10-13(15(17)19-5)12(3)16(14)8-7-9-18-4/h10-11H,6-9H2,1-5H3. The fourth-order valence-corrected chi connectivity index (χ4v) is 2.27. The molecule has 0 spiro atoms. The van der Waals surface area contributed by atoms with Gasteiger partial charge in [0.2, 0.25) is 0 Å². The van der Waals surface area contributed by atoms with E-state index in [0.717, 1.165) is 31.7 Å². The average Bonchev–Trinajstić information content (AvgIpc) is 2.75. The molecule has 1 heterocycles. The van der Waals surface area contributed by atoms with Crippen molar-refractivity contribution in [2.45, 2.75) is 46.1 Å². The van der Waals surface area contributed by atoms with Gasteiger partial charge in [-0.05, 0) is 31.7 Å². The minimum absolute atomic E-state index is 0.257. The largest absolute Gasteiger partial charge is 0.465 e. The molecule has 0 amide bonds. The second-order valence-electron chi connectivity index (χ2n) is 4.87. The van der Waals surface area contributed by atoms with Crippen LogP contribution < -0.4 is 0 Å². The van der Waals surface area contributed by atoms with E-state index in [0.29, 0.717) is 11.5 Å². The van der Waals surface area contributed by atoms with Gasteiger partial charge in [0.05, 0.1) is 12.7 Å². The van der Waals surface area contributed by atoms with Crippen LogP contribution in [0.5, 0.6) is 0 Å². The third-order valence-corrected chi connectivity index (χ3v) is 3.65. The Balaban J connectivity index is 3.08. The van der Waals surface area contributed by atoms with E-state index in [1.807, 2.05) is 13.0 Å². The molecular weight excluding hydrogens is 242 g/mol. The maximum atomic E-state index is 11.8. The van der Waals surface area contributed by atoms with Crippen LogP contribution in [-0.2, 0) is 16.0 Å². The smallest absolute Gasteiger partial charge is 0.339 e. The summed E-state index contributed by atoms with van der Waals surface area (Å²) in [5.41, 5.74) is 2.87. The summed E-state index contributed by atoms with van der Waals surface area (Å²) in [5.74, 6) is 0.173. The van der Waals surface area contributed by atoms with E-state index in [4.69, 9.17) is 9.47 Å². The predicted octanol–water partition coefficient (Wildman–Crippen LogP) is 3.13. The summed E-state index contributed by atoms with van der Waals surface area (Å²) in [6.45, 7) is 7.92. The first-order valence-corrected chi connectivity index (χ1v) is 6.84. The highest BCUT2D eigenvalue weighted by molar-refractivity contribution is 5.91. The Morgan fingerprint density at radius 3 is 2.63 bits per heavy atom. The molecule has 1 atom stereocenters. The van der Waals surface area contributed by atoms with Gasteiger partial charge in [-0.3, -0.25) is 0 Å². The zero-order valence-corrected chi connectivity index (χ0v) is 12.7. The quantitative estimate of drug-likeness (QED) is 0.563. The number of ether oxygens (including phenoxy) is 2. The number of nitrogens with zero attached hydrogens (tertiary/aromatic N) is 1. The van der Waals surface area contributed by atoms with Gasteiger partial charge in [0, 0.05) is 31.6 Å². The molecule has 1 aromatic heterocycles. The van der Waals surface area contributed by atoms with Crippen LogP contribution in [0, 0.1) is 6.92 Å². The van der Waals surface area contributed by atoms with E-state index in [1.165, 1.54) is 12.8 Å². The molecule has 0 aliphatic heterocycles. The molecule has 1 unspecified atom stereocenters. The molecule has 0 saturated heterocycles. The van der Waals surface area contributed by atoms with Crippen LogP contribution in [0.25, 0.3) is 0 Å². The lowest BCUT2D eigenvalue weighted by atomic mass is 10.0.